The van der Waals surface area contributed by atoms with Crippen LogP contribution in [-0.4, -0.2) is 50.5 Å². The predicted octanol–water partition coefficient (Wildman–Crippen LogP) is 0.925. The van der Waals surface area contributed by atoms with Gasteiger partial charge in [-0.25, -0.2) is 4.79 Å². The third-order valence-corrected chi connectivity index (χ3v) is 2.49. The molecule has 7 heteroatoms. The fourth-order valence-electron chi connectivity index (χ4n) is 1.58. The number of amides is 1. The summed E-state index contributed by atoms with van der Waals surface area (Å²) in [5.41, 5.74) is -0.0503. The molecule has 0 aliphatic carbocycles. The number of para-hydroxylation sites is 1. The second kappa shape index (κ2) is 8.80. The first-order chi connectivity index (χ1) is 10.1. The molecular formula is C14H19NO6. The summed E-state index contributed by atoms with van der Waals surface area (Å²) in [6.07, 6.45) is 0. The van der Waals surface area contributed by atoms with Crippen LogP contribution in [0.5, 0.6) is 11.5 Å². The van der Waals surface area contributed by atoms with E-state index >= 15 is 0 Å². The van der Waals surface area contributed by atoms with Gasteiger partial charge in [-0.3, -0.25) is 4.79 Å². The standard InChI is InChI=1S/C14H19NO6/c1-3-20-11-6-4-5-10(14(17)18)13(11)21-9-12(16)15-7-8-19-2/h4-6H,3,7-9H2,1-2H3,(H,15,16)(H,17,18). The number of carboxylic acid groups (broad SMARTS) is 1. The van der Waals surface area contributed by atoms with Crippen molar-refractivity contribution in [1.82, 2.24) is 5.32 Å². The van der Waals surface area contributed by atoms with Crippen molar-refractivity contribution >= 4 is 11.9 Å². The number of carboxylic acids is 1. The summed E-state index contributed by atoms with van der Waals surface area (Å²) in [4.78, 5) is 22.7. The number of nitrogens with one attached hydrogen (secondary N) is 1. The number of hydrogen-bond acceptors (Lipinski definition) is 5. The van der Waals surface area contributed by atoms with E-state index in [0.717, 1.165) is 0 Å². The lowest BCUT2D eigenvalue weighted by atomic mass is 10.2. The molecule has 21 heavy (non-hydrogen) atoms. The van der Waals surface area contributed by atoms with Crippen molar-refractivity contribution in [3.63, 3.8) is 0 Å². The fourth-order valence-corrected chi connectivity index (χ4v) is 1.58. The monoisotopic (exact) mass is 297 g/mol. The van der Waals surface area contributed by atoms with Gasteiger partial charge in [0.05, 0.1) is 13.2 Å². The lowest BCUT2D eigenvalue weighted by Gasteiger charge is -2.14. The second-order valence-electron chi connectivity index (χ2n) is 4.00. The van der Waals surface area contributed by atoms with E-state index in [0.29, 0.717) is 25.5 Å². The van der Waals surface area contributed by atoms with Gasteiger partial charge in [0.1, 0.15) is 5.56 Å². The molecule has 1 rings (SSSR count). The maximum absolute atomic E-state index is 11.6. The van der Waals surface area contributed by atoms with Gasteiger partial charge in [0, 0.05) is 13.7 Å². The number of ether oxygens (including phenoxy) is 3. The smallest absolute Gasteiger partial charge is 0.339 e. The number of carbonyl (C=O) groups excluding carboxylic acids is 1. The first-order valence-corrected chi connectivity index (χ1v) is 6.47. The number of hydrogen-bond donors (Lipinski definition) is 2. The Bertz CT molecular complexity index is 488. The highest BCUT2D eigenvalue weighted by Crippen LogP contribution is 2.31. The largest absolute Gasteiger partial charge is 0.490 e. The molecule has 0 aliphatic heterocycles. The molecule has 7 nitrogen and oxygen atoms in total. The maximum Gasteiger partial charge on any atom is 0.339 e. The molecule has 0 fully saturated rings. The summed E-state index contributed by atoms with van der Waals surface area (Å²) in [6, 6.07) is 4.54. The van der Waals surface area contributed by atoms with Gasteiger partial charge in [0.2, 0.25) is 0 Å². The molecule has 1 aromatic rings. The van der Waals surface area contributed by atoms with Crippen LogP contribution in [0.25, 0.3) is 0 Å². The Morgan fingerprint density at radius 2 is 2.05 bits per heavy atom. The first-order valence-electron chi connectivity index (χ1n) is 6.47. The van der Waals surface area contributed by atoms with Crippen LogP contribution in [-0.2, 0) is 9.53 Å². The molecule has 0 radical (unpaired) electrons. The van der Waals surface area contributed by atoms with Crippen LogP contribution < -0.4 is 14.8 Å². The third kappa shape index (κ3) is 5.31. The van der Waals surface area contributed by atoms with Crippen molar-refractivity contribution in [3.05, 3.63) is 23.8 Å². The summed E-state index contributed by atoms with van der Waals surface area (Å²) in [6.45, 7) is 2.58. The van der Waals surface area contributed by atoms with Gasteiger partial charge in [0.15, 0.2) is 18.1 Å². The van der Waals surface area contributed by atoms with Gasteiger partial charge < -0.3 is 24.6 Å². The highest BCUT2D eigenvalue weighted by Gasteiger charge is 2.17. The van der Waals surface area contributed by atoms with Gasteiger partial charge >= 0.3 is 5.97 Å². The van der Waals surface area contributed by atoms with E-state index in [2.05, 4.69) is 5.32 Å². The van der Waals surface area contributed by atoms with E-state index in [9.17, 15) is 9.59 Å². The number of carbonyl (C=O) groups is 2. The predicted molar refractivity (Wildman–Crippen MR) is 75.0 cm³/mol. The normalized spacial score (nSPS) is 10.0. The Kier molecular flexibility index (Phi) is 7.03. The Morgan fingerprint density at radius 1 is 1.29 bits per heavy atom. The Morgan fingerprint density at radius 3 is 2.67 bits per heavy atom. The minimum absolute atomic E-state index is 0.0498. The first kappa shape index (κ1) is 16.8. The summed E-state index contributed by atoms with van der Waals surface area (Å²) in [7, 11) is 1.53. The fraction of sp³-hybridized carbons (Fsp3) is 0.429. The lowest BCUT2D eigenvalue weighted by molar-refractivity contribution is -0.123. The molecule has 1 aromatic carbocycles. The minimum Gasteiger partial charge on any atom is -0.490 e. The van der Waals surface area contributed by atoms with E-state index < -0.39 is 5.97 Å². The molecule has 116 valence electrons. The zero-order valence-electron chi connectivity index (χ0n) is 12.0. The Hall–Kier alpha value is -2.28. The molecule has 1 amide bonds. The molecule has 0 spiro atoms. The number of rotatable bonds is 9. The summed E-state index contributed by atoms with van der Waals surface area (Å²) in [5.74, 6) is -1.17. The van der Waals surface area contributed by atoms with Crippen LogP contribution in [0.4, 0.5) is 0 Å². The molecule has 0 saturated heterocycles. The SMILES string of the molecule is CCOc1cccc(C(=O)O)c1OCC(=O)NCCOC. The van der Waals surface area contributed by atoms with E-state index in [1.165, 1.54) is 13.2 Å². The molecule has 0 heterocycles. The number of aromatic carboxylic acids is 1. The second-order valence-corrected chi connectivity index (χ2v) is 4.00. The van der Waals surface area contributed by atoms with Crippen molar-refractivity contribution in [2.45, 2.75) is 6.92 Å². The minimum atomic E-state index is -1.15. The van der Waals surface area contributed by atoms with E-state index in [-0.39, 0.29) is 23.8 Å². The van der Waals surface area contributed by atoms with Gasteiger partial charge in [-0.2, -0.15) is 0 Å². The van der Waals surface area contributed by atoms with Gasteiger partial charge in [-0.1, -0.05) is 6.07 Å². The molecule has 0 bridgehead atoms. The quantitative estimate of drug-likeness (QED) is 0.658. The van der Waals surface area contributed by atoms with Crippen molar-refractivity contribution < 1.29 is 28.9 Å². The molecular weight excluding hydrogens is 278 g/mol. The summed E-state index contributed by atoms with van der Waals surface area (Å²) in [5, 5.41) is 11.7. The molecule has 0 unspecified atom stereocenters. The summed E-state index contributed by atoms with van der Waals surface area (Å²) >= 11 is 0. The van der Waals surface area contributed by atoms with E-state index in [1.807, 2.05) is 0 Å². The van der Waals surface area contributed by atoms with Gasteiger partial charge in [-0.05, 0) is 19.1 Å². The Balaban J connectivity index is 2.75. The number of benzene rings is 1. The van der Waals surface area contributed by atoms with E-state index in [4.69, 9.17) is 19.3 Å². The highest BCUT2D eigenvalue weighted by atomic mass is 16.5. The van der Waals surface area contributed by atoms with Crippen LogP contribution in [0, 0.1) is 0 Å². The van der Waals surface area contributed by atoms with Crippen LogP contribution in [0.2, 0.25) is 0 Å². The van der Waals surface area contributed by atoms with Crippen LogP contribution in [0.15, 0.2) is 18.2 Å². The molecule has 0 aliphatic rings. The molecule has 0 saturated carbocycles. The maximum atomic E-state index is 11.6. The van der Waals surface area contributed by atoms with Crippen LogP contribution >= 0.6 is 0 Å². The molecule has 0 aromatic heterocycles. The van der Waals surface area contributed by atoms with Crippen LogP contribution in [0.3, 0.4) is 0 Å². The zero-order chi connectivity index (χ0) is 15.7. The number of methoxy groups -OCH3 is 1. The highest BCUT2D eigenvalue weighted by molar-refractivity contribution is 5.92. The summed E-state index contributed by atoms with van der Waals surface area (Å²) < 4.78 is 15.4. The van der Waals surface area contributed by atoms with E-state index in [1.54, 1.807) is 19.1 Å². The lowest BCUT2D eigenvalue weighted by Crippen LogP contribution is -2.31. The Labute approximate surface area is 122 Å². The topological polar surface area (TPSA) is 94.1 Å². The van der Waals surface area contributed by atoms with Gasteiger partial charge in [0.25, 0.3) is 5.91 Å². The zero-order valence-corrected chi connectivity index (χ0v) is 12.0. The third-order valence-electron chi connectivity index (χ3n) is 2.49. The average molecular weight is 297 g/mol. The molecule has 2 N–H and O–H groups in total. The van der Waals surface area contributed by atoms with Crippen molar-refractivity contribution in [2.24, 2.45) is 0 Å². The van der Waals surface area contributed by atoms with Crippen LogP contribution in [0.1, 0.15) is 17.3 Å². The van der Waals surface area contributed by atoms with Crippen molar-refractivity contribution in [1.29, 1.82) is 0 Å². The average Bonchev–Trinajstić information content (AvgIpc) is 2.46. The molecule has 0 atom stereocenters. The van der Waals surface area contributed by atoms with Crippen molar-refractivity contribution in [2.75, 3.05) is 33.5 Å². The van der Waals surface area contributed by atoms with Gasteiger partial charge in [-0.15, -0.1) is 0 Å². The van der Waals surface area contributed by atoms with Crippen molar-refractivity contribution in [3.8, 4) is 11.5 Å².